The van der Waals surface area contributed by atoms with Crippen molar-refractivity contribution in [2.45, 2.75) is 50.5 Å². The number of hydrogen-bond donors (Lipinski definition) is 1. The first-order valence-electron chi connectivity index (χ1n) is 11.5. The molecular formula is C27H29ClN2O3S. The van der Waals surface area contributed by atoms with Crippen LogP contribution in [0.4, 0.5) is 5.69 Å². The first-order valence-corrected chi connectivity index (χ1v) is 13.3. The molecule has 0 radical (unpaired) electrons. The maximum absolute atomic E-state index is 13.5. The van der Waals surface area contributed by atoms with Crippen molar-refractivity contribution in [3.63, 3.8) is 0 Å². The van der Waals surface area contributed by atoms with Crippen molar-refractivity contribution in [1.82, 2.24) is 5.32 Å². The third-order valence-electron chi connectivity index (χ3n) is 6.30. The Hall–Kier alpha value is -2.83. The fraction of sp³-hybridized carbons (Fsp3) is 0.296. The predicted octanol–water partition coefficient (Wildman–Crippen LogP) is 5.60. The molecule has 7 heteroatoms. The molecule has 0 saturated heterocycles. The summed E-state index contributed by atoms with van der Waals surface area (Å²) in [6.07, 6.45) is 4.56. The van der Waals surface area contributed by atoms with E-state index >= 15 is 0 Å². The second kappa shape index (κ2) is 10.2. The van der Waals surface area contributed by atoms with Gasteiger partial charge in [-0.25, -0.2) is 8.42 Å². The number of halogens is 1. The van der Waals surface area contributed by atoms with Gasteiger partial charge in [0.15, 0.2) is 0 Å². The fourth-order valence-electron chi connectivity index (χ4n) is 4.44. The van der Waals surface area contributed by atoms with Gasteiger partial charge in [-0.3, -0.25) is 9.10 Å². The van der Waals surface area contributed by atoms with Gasteiger partial charge in [-0.1, -0.05) is 48.0 Å². The summed E-state index contributed by atoms with van der Waals surface area (Å²) in [6.45, 7) is 3.36. The molecule has 0 bridgehead atoms. The van der Waals surface area contributed by atoms with E-state index < -0.39 is 10.0 Å². The van der Waals surface area contributed by atoms with Crippen LogP contribution in [0.15, 0.2) is 71.6 Å². The van der Waals surface area contributed by atoms with Crippen molar-refractivity contribution in [3.05, 3.63) is 94.0 Å². The zero-order valence-electron chi connectivity index (χ0n) is 19.4. The van der Waals surface area contributed by atoms with E-state index in [1.165, 1.54) is 36.1 Å². The number of carbonyl (C=O) groups excluding carboxylic acids is 1. The van der Waals surface area contributed by atoms with E-state index in [1.54, 1.807) is 43.3 Å². The number of amides is 1. The molecule has 1 atom stereocenters. The largest absolute Gasteiger partial charge is 0.348 e. The van der Waals surface area contributed by atoms with Gasteiger partial charge in [0, 0.05) is 5.02 Å². The van der Waals surface area contributed by atoms with Gasteiger partial charge < -0.3 is 5.32 Å². The Balaban J connectivity index is 1.59. The summed E-state index contributed by atoms with van der Waals surface area (Å²) in [5.41, 5.74) is 4.84. The number of rotatable bonds is 7. The molecule has 0 aromatic heterocycles. The summed E-state index contributed by atoms with van der Waals surface area (Å²) in [5.74, 6) is -0.376. The minimum atomic E-state index is -3.97. The van der Waals surface area contributed by atoms with E-state index in [2.05, 4.69) is 23.5 Å². The Morgan fingerprint density at radius 1 is 1.00 bits per heavy atom. The number of sulfonamides is 1. The van der Waals surface area contributed by atoms with Crippen LogP contribution in [-0.4, -0.2) is 20.9 Å². The summed E-state index contributed by atoms with van der Waals surface area (Å²) in [4.78, 5) is 13.2. The third kappa shape index (κ3) is 5.29. The Morgan fingerprint density at radius 3 is 2.41 bits per heavy atom. The third-order valence-corrected chi connectivity index (χ3v) is 8.31. The van der Waals surface area contributed by atoms with Crippen molar-refractivity contribution < 1.29 is 13.2 Å². The smallest absolute Gasteiger partial charge is 0.264 e. The van der Waals surface area contributed by atoms with Gasteiger partial charge in [0.05, 0.1) is 16.6 Å². The highest BCUT2D eigenvalue weighted by atomic mass is 35.5. The molecule has 1 aliphatic carbocycles. The summed E-state index contributed by atoms with van der Waals surface area (Å²) < 4.78 is 28.2. The number of anilines is 1. The van der Waals surface area contributed by atoms with Gasteiger partial charge in [-0.05, 0) is 92.1 Å². The predicted molar refractivity (Wildman–Crippen MR) is 137 cm³/mol. The van der Waals surface area contributed by atoms with Crippen molar-refractivity contribution >= 4 is 33.2 Å². The number of nitrogens with zero attached hydrogens (tertiary/aromatic N) is 1. The number of aryl methyl sites for hydroxylation is 3. The van der Waals surface area contributed by atoms with Crippen LogP contribution in [0.25, 0.3) is 0 Å². The summed E-state index contributed by atoms with van der Waals surface area (Å²) in [6, 6.07) is 19.2. The lowest BCUT2D eigenvalue weighted by molar-refractivity contribution is -0.120. The maximum Gasteiger partial charge on any atom is 0.264 e. The second-order valence-electron chi connectivity index (χ2n) is 8.78. The molecule has 3 aromatic carbocycles. The molecule has 0 heterocycles. The Morgan fingerprint density at radius 2 is 1.71 bits per heavy atom. The molecule has 178 valence electrons. The average Bonchev–Trinajstić information content (AvgIpc) is 2.83. The lowest BCUT2D eigenvalue weighted by Crippen LogP contribution is -2.42. The first-order chi connectivity index (χ1) is 16.3. The van der Waals surface area contributed by atoms with E-state index in [1.807, 2.05) is 6.92 Å². The van der Waals surface area contributed by atoms with Crippen LogP contribution in [0.2, 0.25) is 5.02 Å². The van der Waals surface area contributed by atoms with E-state index in [4.69, 9.17) is 11.6 Å². The molecule has 34 heavy (non-hydrogen) atoms. The molecule has 0 saturated carbocycles. The van der Waals surface area contributed by atoms with Crippen LogP contribution >= 0.6 is 11.6 Å². The topological polar surface area (TPSA) is 66.5 Å². The highest BCUT2D eigenvalue weighted by Crippen LogP contribution is 2.29. The van der Waals surface area contributed by atoms with Crippen molar-refractivity contribution in [3.8, 4) is 0 Å². The Labute approximate surface area is 206 Å². The SMILES string of the molecule is Cc1cc(Cl)ccc1N(CC(=O)NC(C)c1ccc2c(c1)CCCC2)S(=O)(=O)c1ccccc1. The quantitative estimate of drug-likeness (QED) is 0.463. The first kappa shape index (κ1) is 24.3. The highest BCUT2D eigenvalue weighted by molar-refractivity contribution is 7.92. The Bertz CT molecular complexity index is 1290. The van der Waals surface area contributed by atoms with Gasteiger partial charge in [-0.15, -0.1) is 0 Å². The number of hydrogen-bond acceptors (Lipinski definition) is 3. The number of carbonyl (C=O) groups is 1. The van der Waals surface area contributed by atoms with Gasteiger partial charge in [0.2, 0.25) is 5.91 Å². The standard InChI is InChI=1S/C27H29ClN2O3S/c1-19-16-24(28)14-15-26(19)30(34(32,33)25-10-4-3-5-11-25)18-27(31)29-20(2)22-13-12-21-8-6-7-9-23(21)17-22/h3-5,10-17,20H,6-9,18H2,1-2H3,(H,29,31). The van der Waals surface area contributed by atoms with Crippen molar-refractivity contribution in [2.24, 2.45) is 0 Å². The minimum Gasteiger partial charge on any atom is -0.348 e. The van der Waals surface area contributed by atoms with Crippen LogP contribution in [0.3, 0.4) is 0 Å². The lowest BCUT2D eigenvalue weighted by atomic mass is 9.89. The summed E-state index contributed by atoms with van der Waals surface area (Å²) in [5, 5.41) is 3.49. The van der Waals surface area contributed by atoms with Crippen molar-refractivity contribution in [2.75, 3.05) is 10.8 Å². The second-order valence-corrected chi connectivity index (χ2v) is 11.1. The molecule has 1 amide bonds. The maximum atomic E-state index is 13.5. The van der Waals surface area contributed by atoms with Gasteiger partial charge in [0.1, 0.15) is 6.54 Å². The average molecular weight is 497 g/mol. The van der Waals surface area contributed by atoms with Crippen LogP contribution in [0.1, 0.15) is 48.1 Å². The molecule has 1 unspecified atom stereocenters. The molecule has 0 aliphatic heterocycles. The fourth-order valence-corrected chi connectivity index (χ4v) is 6.17. The minimum absolute atomic E-state index is 0.125. The van der Waals surface area contributed by atoms with Crippen LogP contribution in [-0.2, 0) is 27.7 Å². The van der Waals surface area contributed by atoms with Crippen LogP contribution in [0, 0.1) is 6.92 Å². The van der Waals surface area contributed by atoms with E-state index in [0.717, 1.165) is 22.7 Å². The summed E-state index contributed by atoms with van der Waals surface area (Å²) >= 11 is 6.10. The number of nitrogens with one attached hydrogen (secondary N) is 1. The number of benzene rings is 3. The zero-order valence-corrected chi connectivity index (χ0v) is 21.0. The van der Waals surface area contributed by atoms with E-state index in [9.17, 15) is 13.2 Å². The van der Waals surface area contributed by atoms with Crippen LogP contribution < -0.4 is 9.62 Å². The van der Waals surface area contributed by atoms with E-state index in [0.29, 0.717) is 16.3 Å². The molecule has 4 rings (SSSR count). The Kier molecular flexibility index (Phi) is 7.29. The molecule has 0 spiro atoms. The lowest BCUT2D eigenvalue weighted by Gasteiger charge is -2.27. The molecule has 0 fully saturated rings. The molecule has 1 N–H and O–H groups in total. The monoisotopic (exact) mass is 496 g/mol. The van der Waals surface area contributed by atoms with Gasteiger partial charge in [0.25, 0.3) is 10.0 Å². The molecule has 1 aliphatic rings. The normalized spacial score (nSPS) is 14.2. The van der Waals surface area contributed by atoms with Gasteiger partial charge in [-0.2, -0.15) is 0 Å². The van der Waals surface area contributed by atoms with E-state index in [-0.39, 0.29) is 23.4 Å². The highest BCUT2D eigenvalue weighted by Gasteiger charge is 2.28. The molecule has 5 nitrogen and oxygen atoms in total. The zero-order chi connectivity index (χ0) is 24.3. The van der Waals surface area contributed by atoms with Gasteiger partial charge >= 0.3 is 0 Å². The molecule has 3 aromatic rings. The number of fused-ring (bicyclic) bond motifs is 1. The van der Waals surface area contributed by atoms with Crippen LogP contribution in [0.5, 0.6) is 0 Å². The molecular weight excluding hydrogens is 468 g/mol. The summed E-state index contributed by atoms with van der Waals surface area (Å²) in [7, 11) is -3.97. The van der Waals surface area contributed by atoms with Crippen molar-refractivity contribution in [1.29, 1.82) is 0 Å².